The van der Waals surface area contributed by atoms with E-state index in [9.17, 15) is 4.79 Å². The molecular formula is C13H24N6O2. The summed E-state index contributed by atoms with van der Waals surface area (Å²) < 4.78 is 7.73. The Morgan fingerprint density at radius 3 is 2.57 bits per heavy atom. The molecule has 118 valence electrons. The summed E-state index contributed by atoms with van der Waals surface area (Å²) in [6.07, 6.45) is 2.37. The summed E-state index contributed by atoms with van der Waals surface area (Å²) in [4.78, 5) is 13.1. The Hall–Kier alpha value is -1.70. The van der Waals surface area contributed by atoms with E-state index in [1.165, 1.54) is 6.92 Å². The largest absolute Gasteiger partial charge is 0.371 e. The van der Waals surface area contributed by atoms with E-state index in [-0.39, 0.29) is 18.1 Å². The summed E-state index contributed by atoms with van der Waals surface area (Å²) in [7, 11) is 0. The summed E-state index contributed by atoms with van der Waals surface area (Å²) in [5, 5.41) is 14.7. The van der Waals surface area contributed by atoms with Crippen LogP contribution in [-0.4, -0.2) is 58.0 Å². The van der Waals surface area contributed by atoms with Crippen molar-refractivity contribution in [2.75, 3.05) is 24.5 Å². The Morgan fingerprint density at radius 1 is 1.33 bits per heavy atom. The smallest absolute Gasteiger partial charge is 0.245 e. The second-order valence-electron chi connectivity index (χ2n) is 5.29. The Labute approximate surface area is 124 Å². The van der Waals surface area contributed by atoms with Crippen molar-refractivity contribution in [3.63, 3.8) is 0 Å². The van der Waals surface area contributed by atoms with E-state index in [0.29, 0.717) is 13.1 Å². The fourth-order valence-corrected chi connectivity index (χ4v) is 2.45. The second kappa shape index (κ2) is 7.35. The summed E-state index contributed by atoms with van der Waals surface area (Å²) in [5.41, 5.74) is 0. The average Bonchev–Trinajstić information content (AvgIpc) is 2.94. The van der Waals surface area contributed by atoms with Gasteiger partial charge in [-0.2, -0.15) is 0 Å². The number of morpholine rings is 1. The molecule has 1 saturated heterocycles. The molecule has 1 aliphatic rings. The molecule has 1 N–H and O–H groups in total. The number of nitrogens with one attached hydrogen (secondary N) is 1. The van der Waals surface area contributed by atoms with E-state index >= 15 is 0 Å². The van der Waals surface area contributed by atoms with Crippen LogP contribution in [0.4, 0.5) is 5.95 Å². The van der Waals surface area contributed by atoms with Gasteiger partial charge in [-0.05, 0) is 23.3 Å². The van der Waals surface area contributed by atoms with Gasteiger partial charge in [-0.3, -0.25) is 4.79 Å². The van der Waals surface area contributed by atoms with Gasteiger partial charge in [0, 0.05) is 26.6 Å². The molecule has 1 aromatic rings. The summed E-state index contributed by atoms with van der Waals surface area (Å²) in [6, 6.07) is 0. The number of tetrazole rings is 1. The molecule has 2 atom stereocenters. The van der Waals surface area contributed by atoms with Crippen molar-refractivity contribution in [2.45, 2.75) is 52.4 Å². The lowest BCUT2D eigenvalue weighted by Crippen LogP contribution is -2.48. The fraction of sp³-hybridized carbons (Fsp3) is 0.846. The molecule has 2 heterocycles. The number of rotatable bonds is 6. The van der Waals surface area contributed by atoms with Crippen LogP contribution in [0, 0.1) is 0 Å². The van der Waals surface area contributed by atoms with Gasteiger partial charge in [0.15, 0.2) is 0 Å². The van der Waals surface area contributed by atoms with Gasteiger partial charge < -0.3 is 15.0 Å². The molecule has 0 spiro atoms. The third kappa shape index (κ3) is 4.13. The maximum Gasteiger partial charge on any atom is 0.245 e. The number of nitrogens with zero attached hydrogens (tertiary/aromatic N) is 5. The maximum absolute atomic E-state index is 10.9. The van der Waals surface area contributed by atoms with Gasteiger partial charge in [0.1, 0.15) is 0 Å². The standard InChI is InChI=1S/C13H24N6O2/c1-4-11-8-18(9-12(5-2)21-11)13-15-16-17-19(13)7-6-14-10(3)20/h11-12H,4-9H2,1-3H3,(H,14,20). The second-order valence-corrected chi connectivity index (χ2v) is 5.29. The first-order chi connectivity index (χ1) is 10.1. The van der Waals surface area contributed by atoms with E-state index in [4.69, 9.17) is 4.74 Å². The number of hydrogen-bond acceptors (Lipinski definition) is 6. The zero-order chi connectivity index (χ0) is 15.2. The molecule has 0 bridgehead atoms. The van der Waals surface area contributed by atoms with Crippen molar-refractivity contribution in [1.29, 1.82) is 0 Å². The molecule has 8 heteroatoms. The molecule has 1 aromatic heterocycles. The van der Waals surface area contributed by atoms with Crippen LogP contribution in [0.25, 0.3) is 0 Å². The van der Waals surface area contributed by atoms with Crippen LogP contribution < -0.4 is 10.2 Å². The Bertz CT molecular complexity index is 451. The van der Waals surface area contributed by atoms with Crippen LogP contribution in [-0.2, 0) is 16.1 Å². The van der Waals surface area contributed by atoms with E-state index in [1.807, 2.05) is 0 Å². The van der Waals surface area contributed by atoms with Crippen LogP contribution in [0.15, 0.2) is 0 Å². The van der Waals surface area contributed by atoms with Crippen molar-refractivity contribution >= 4 is 11.9 Å². The van der Waals surface area contributed by atoms with Crippen LogP contribution in [0.3, 0.4) is 0 Å². The van der Waals surface area contributed by atoms with Crippen molar-refractivity contribution in [3.05, 3.63) is 0 Å². The zero-order valence-electron chi connectivity index (χ0n) is 12.9. The van der Waals surface area contributed by atoms with Crippen LogP contribution >= 0.6 is 0 Å². The molecule has 0 aliphatic carbocycles. The highest BCUT2D eigenvalue weighted by Gasteiger charge is 2.28. The number of carbonyl (C=O) groups excluding carboxylic acids is 1. The highest BCUT2D eigenvalue weighted by molar-refractivity contribution is 5.72. The number of anilines is 1. The maximum atomic E-state index is 10.9. The van der Waals surface area contributed by atoms with Gasteiger partial charge in [0.05, 0.1) is 18.8 Å². The first-order valence-corrected chi connectivity index (χ1v) is 7.55. The lowest BCUT2D eigenvalue weighted by Gasteiger charge is -2.37. The molecule has 0 saturated carbocycles. The monoisotopic (exact) mass is 296 g/mol. The summed E-state index contributed by atoms with van der Waals surface area (Å²) >= 11 is 0. The molecule has 1 aliphatic heterocycles. The Balaban J connectivity index is 2.03. The lowest BCUT2D eigenvalue weighted by molar-refractivity contribution is -0.118. The molecule has 1 fully saturated rings. The van der Waals surface area contributed by atoms with Crippen molar-refractivity contribution < 1.29 is 9.53 Å². The van der Waals surface area contributed by atoms with Gasteiger partial charge in [-0.25, -0.2) is 4.68 Å². The lowest BCUT2D eigenvalue weighted by atomic mass is 10.1. The Morgan fingerprint density at radius 2 is 2.00 bits per heavy atom. The molecule has 21 heavy (non-hydrogen) atoms. The minimum absolute atomic E-state index is 0.0481. The number of amides is 1. The van der Waals surface area contributed by atoms with Crippen molar-refractivity contribution in [2.24, 2.45) is 0 Å². The number of ether oxygens (including phenoxy) is 1. The topological polar surface area (TPSA) is 85.2 Å². The minimum atomic E-state index is -0.0481. The number of aromatic nitrogens is 4. The normalized spacial score (nSPS) is 22.3. The van der Waals surface area contributed by atoms with Gasteiger partial charge in [0.25, 0.3) is 0 Å². The number of hydrogen-bond donors (Lipinski definition) is 1. The van der Waals surface area contributed by atoms with Crippen LogP contribution in [0.5, 0.6) is 0 Å². The van der Waals surface area contributed by atoms with E-state index in [1.54, 1.807) is 4.68 Å². The third-order valence-electron chi connectivity index (χ3n) is 3.64. The first kappa shape index (κ1) is 15.7. The van der Waals surface area contributed by atoms with Crippen LogP contribution in [0.1, 0.15) is 33.6 Å². The zero-order valence-corrected chi connectivity index (χ0v) is 12.9. The summed E-state index contributed by atoms with van der Waals surface area (Å²) in [6.45, 7) is 8.43. The van der Waals surface area contributed by atoms with Gasteiger partial charge in [0.2, 0.25) is 11.9 Å². The predicted octanol–water partition coefficient (Wildman–Crippen LogP) is 0.203. The Kier molecular flexibility index (Phi) is 5.49. The predicted molar refractivity (Wildman–Crippen MR) is 78.0 cm³/mol. The SMILES string of the molecule is CCC1CN(c2nnnn2CCNC(C)=O)CC(CC)O1. The van der Waals surface area contributed by atoms with Gasteiger partial charge in [-0.1, -0.05) is 18.9 Å². The van der Waals surface area contributed by atoms with E-state index < -0.39 is 0 Å². The molecule has 2 rings (SSSR count). The quantitative estimate of drug-likeness (QED) is 0.807. The molecule has 2 unspecified atom stereocenters. The molecular weight excluding hydrogens is 272 g/mol. The van der Waals surface area contributed by atoms with Gasteiger partial charge in [-0.15, -0.1) is 0 Å². The molecule has 1 amide bonds. The highest BCUT2D eigenvalue weighted by Crippen LogP contribution is 2.20. The van der Waals surface area contributed by atoms with Crippen molar-refractivity contribution in [1.82, 2.24) is 25.5 Å². The average molecular weight is 296 g/mol. The van der Waals surface area contributed by atoms with Crippen molar-refractivity contribution in [3.8, 4) is 0 Å². The van der Waals surface area contributed by atoms with Crippen LogP contribution in [0.2, 0.25) is 0 Å². The third-order valence-corrected chi connectivity index (χ3v) is 3.64. The number of carbonyl (C=O) groups is 1. The van der Waals surface area contributed by atoms with E-state index in [2.05, 4.69) is 39.6 Å². The highest BCUT2D eigenvalue weighted by atomic mass is 16.5. The summed E-state index contributed by atoms with van der Waals surface area (Å²) in [5.74, 6) is 0.702. The molecule has 8 nitrogen and oxygen atoms in total. The minimum Gasteiger partial charge on any atom is -0.371 e. The van der Waals surface area contributed by atoms with Gasteiger partial charge >= 0.3 is 0 Å². The molecule has 0 aromatic carbocycles. The molecule has 0 radical (unpaired) electrons. The van der Waals surface area contributed by atoms with E-state index in [0.717, 1.165) is 31.9 Å². The fourth-order valence-electron chi connectivity index (χ4n) is 2.45. The first-order valence-electron chi connectivity index (χ1n) is 7.55.